The van der Waals surface area contributed by atoms with Crippen LogP contribution >= 0.6 is 15.8 Å². The summed E-state index contributed by atoms with van der Waals surface area (Å²) in [5.41, 5.74) is 0. The van der Waals surface area contributed by atoms with E-state index in [-0.39, 0.29) is 0 Å². The van der Waals surface area contributed by atoms with Crippen molar-refractivity contribution < 1.29 is 4.74 Å². The molecular weight excluding hydrogens is 558 g/mol. The zero-order valence-corrected chi connectivity index (χ0v) is 26.8. The summed E-state index contributed by atoms with van der Waals surface area (Å²) in [5, 5.41) is 8.68. The van der Waals surface area contributed by atoms with Gasteiger partial charge in [-0.2, -0.15) is 0 Å². The van der Waals surface area contributed by atoms with Gasteiger partial charge in [-0.15, -0.1) is 0 Å². The lowest BCUT2D eigenvalue weighted by atomic mass is 9.95. The van der Waals surface area contributed by atoms with Crippen LogP contribution in [0.25, 0.3) is 0 Å². The lowest BCUT2D eigenvalue weighted by Gasteiger charge is -2.30. The third kappa shape index (κ3) is 6.92. The molecule has 0 aromatic heterocycles. The Bertz CT molecular complexity index is 1380. The molecule has 216 valence electrons. The van der Waals surface area contributed by atoms with E-state index in [1.807, 2.05) is 0 Å². The topological polar surface area (TPSA) is 9.23 Å². The highest BCUT2D eigenvalue weighted by Gasteiger charge is 2.32. The van der Waals surface area contributed by atoms with Crippen molar-refractivity contribution in [3.63, 3.8) is 0 Å². The summed E-state index contributed by atoms with van der Waals surface area (Å²) in [7, 11) is -1.18. The quantitative estimate of drug-likeness (QED) is 0.148. The van der Waals surface area contributed by atoms with Gasteiger partial charge in [-0.05, 0) is 59.5 Å². The second-order valence-electron chi connectivity index (χ2n) is 11.5. The first-order chi connectivity index (χ1) is 21.2. The van der Waals surface area contributed by atoms with Gasteiger partial charge in [0.25, 0.3) is 0 Å². The van der Waals surface area contributed by atoms with Crippen molar-refractivity contribution in [3.05, 3.63) is 168 Å². The van der Waals surface area contributed by atoms with Crippen molar-refractivity contribution in [2.45, 2.75) is 13.8 Å². The van der Waals surface area contributed by atoms with Crippen LogP contribution < -0.4 is 21.2 Å². The van der Waals surface area contributed by atoms with Gasteiger partial charge >= 0.3 is 0 Å². The summed E-state index contributed by atoms with van der Waals surface area (Å²) in [4.78, 5) is 0. The molecule has 0 N–H and O–H groups in total. The molecule has 3 heteroatoms. The molecule has 0 amide bonds. The minimum absolute atomic E-state index is 0.382. The van der Waals surface area contributed by atoms with Crippen molar-refractivity contribution in [3.8, 4) is 0 Å². The predicted molar refractivity (Wildman–Crippen MR) is 189 cm³/mol. The predicted octanol–water partition coefficient (Wildman–Crippen LogP) is 8.68. The Kier molecular flexibility index (Phi) is 9.97. The largest absolute Gasteiger partial charge is 0.381 e. The average Bonchev–Trinajstić information content (AvgIpc) is 3.74. The van der Waals surface area contributed by atoms with Crippen molar-refractivity contribution in [2.24, 2.45) is 23.7 Å². The van der Waals surface area contributed by atoms with Gasteiger partial charge in [-0.1, -0.05) is 172 Å². The highest BCUT2D eigenvalue weighted by molar-refractivity contribution is 7.77. The van der Waals surface area contributed by atoms with Crippen molar-refractivity contribution in [2.75, 3.05) is 13.2 Å². The van der Waals surface area contributed by atoms with Crippen LogP contribution in [0.5, 0.6) is 0 Å². The smallest absolute Gasteiger partial charge is 0.0500 e. The molecule has 0 saturated heterocycles. The monoisotopic (exact) mass is 598 g/mol. The van der Waals surface area contributed by atoms with Gasteiger partial charge in [0.1, 0.15) is 0 Å². The third-order valence-corrected chi connectivity index (χ3v) is 13.6. The Balaban J connectivity index is 1.13. The first kappa shape index (κ1) is 29.7. The van der Waals surface area contributed by atoms with Crippen LogP contribution in [0.15, 0.2) is 168 Å². The normalized spacial score (nSPS) is 19.1. The molecule has 43 heavy (non-hydrogen) atoms. The lowest BCUT2D eigenvalue weighted by Crippen LogP contribution is -2.24. The van der Waals surface area contributed by atoms with Crippen LogP contribution in [0.2, 0.25) is 0 Å². The molecule has 6 rings (SSSR count). The van der Waals surface area contributed by atoms with Gasteiger partial charge < -0.3 is 4.74 Å². The van der Waals surface area contributed by atoms with E-state index in [0.717, 1.165) is 13.2 Å². The van der Waals surface area contributed by atoms with E-state index < -0.39 is 15.8 Å². The Morgan fingerprint density at radius 3 is 1.09 bits per heavy atom. The van der Waals surface area contributed by atoms with Crippen LogP contribution in [0.3, 0.4) is 0 Å². The number of allylic oxidation sites excluding steroid dienone is 8. The summed E-state index contributed by atoms with van der Waals surface area (Å²) in [6.45, 7) is 6.22. The molecule has 0 radical (unpaired) electrons. The molecule has 0 aliphatic heterocycles. The second-order valence-corrected chi connectivity index (χ2v) is 15.9. The summed E-state index contributed by atoms with van der Waals surface area (Å²) in [6.07, 6.45) is 14.0. The molecule has 4 atom stereocenters. The number of benzene rings is 4. The highest BCUT2D eigenvalue weighted by Crippen LogP contribution is 2.52. The lowest BCUT2D eigenvalue weighted by molar-refractivity contribution is 0.0675. The fraction of sp³-hybridized carbons (Fsp3) is 0.200. The molecule has 0 spiro atoms. The van der Waals surface area contributed by atoms with Crippen molar-refractivity contribution in [1.29, 1.82) is 0 Å². The standard InChI is InChI=1S/C40H40OP2/c1-31(37-25-15-27-39(37)42(33-17-7-3-8-18-33)34-19-9-4-10-20-34)29-41-30-32(2)38-26-16-28-40(38)43(35-21-11-5-12-22-35)36-23-13-6-14-24-36/h3-28,31-32,37-38H,29-30H2,1-2H3. The Morgan fingerprint density at radius 2 is 0.791 bits per heavy atom. The minimum Gasteiger partial charge on any atom is -0.381 e. The number of rotatable bonds is 12. The number of ether oxygens (including phenoxy) is 1. The third-order valence-electron chi connectivity index (χ3n) is 8.42. The van der Waals surface area contributed by atoms with Crippen LogP contribution in [-0.4, -0.2) is 13.2 Å². The summed E-state index contributed by atoms with van der Waals surface area (Å²) in [5.74, 6) is 1.56. The minimum atomic E-state index is -0.588. The Labute approximate surface area is 260 Å². The van der Waals surface area contributed by atoms with Crippen molar-refractivity contribution >= 4 is 37.1 Å². The summed E-state index contributed by atoms with van der Waals surface area (Å²) < 4.78 is 6.55. The molecular formula is C40H40OP2. The van der Waals surface area contributed by atoms with Gasteiger partial charge in [0.15, 0.2) is 0 Å². The molecule has 4 aromatic rings. The van der Waals surface area contributed by atoms with E-state index in [1.165, 1.54) is 31.8 Å². The molecule has 2 aliphatic rings. The molecule has 0 heterocycles. The Hall–Kier alpha value is -3.34. The fourth-order valence-electron chi connectivity index (χ4n) is 6.23. The molecule has 2 aliphatic carbocycles. The number of hydrogen-bond acceptors (Lipinski definition) is 1. The van der Waals surface area contributed by atoms with Gasteiger partial charge in [0, 0.05) is 11.8 Å². The molecule has 4 aromatic carbocycles. The maximum atomic E-state index is 6.55. The zero-order chi connectivity index (χ0) is 29.4. The van der Waals surface area contributed by atoms with E-state index in [9.17, 15) is 0 Å². The maximum Gasteiger partial charge on any atom is 0.0500 e. The van der Waals surface area contributed by atoms with E-state index in [4.69, 9.17) is 4.74 Å². The van der Waals surface area contributed by atoms with Crippen molar-refractivity contribution in [1.82, 2.24) is 0 Å². The fourth-order valence-corrected chi connectivity index (χ4v) is 11.6. The van der Waals surface area contributed by atoms with Gasteiger partial charge in [-0.25, -0.2) is 0 Å². The summed E-state index contributed by atoms with van der Waals surface area (Å²) >= 11 is 0. The number of hydrogen-bond donors (Lipinski definition) is 0. The van der Waals surface area contributed by atoms with Crippen LogP contribution in [0.4, 0.5) is 0 Å². The average molecular weight is 599 g/mol. The van der Waals surface area contributed by atoms with Crippen LogP contribution in [0, 0.1) is 23.7 Å². The Morgan fingerprint density at radius 1 is 0.488 bits per heavy atom. The molecule has 1 nitrogen and oxygen atoms in total. The van der Waals surface area contributed by atoms with Gasteiger partial charge in [0.05, 0.1) is 13.2 Å². The van der Waals surface area contributed by atoms with E-state index >= 15 is 0 Å². The zero-order valence-electron chi connectivity index (χ0n) is 25.0. The first-order valence-corrected chi connectivity index (χ1v) is 18.0. The van der Waals surface area contributed by atoms with Gasteiger partial charge in [-0.3, -0.25) is 0 Å². The van der Waals surface area contributed by atoms with Crippen LogP contribution in [0.1, 0.15) is 13.8 Å². The van der Waals surface area contributed by atoms with E-state index in [2.05, 4.69) is 172 Å². The van der Waals surface area contributed by atoms with E-state index in [1.54, 1.807) is 0 Å². The van der Waals surface area contributed by atoms with Crippen LogP contribution in [-0.2, 0) is 4.74 Å². The molecule has 0 fully saturated rings. The van der Waals surface area contributed by atoms with Gasteiger partial charge in [0.2, 0.25) is 0 Å². The highest BCUT2D eigenvalue weighted by atomic mass is 31.1. The SMILES string of the molecule is CC(COCC(C)C1C=CC=C1P(c1ccccc1)c1ccccc1)C1C=CC=C1P(c1ccccc1)c1ccccc1. The first-order valence-electron chi connectivity index (χ1n) is 15.4. The van der Waals surface area contributed by atoms with E-state index in [0.29, 0.717) is 23.7 Å². The second kappa shape index (κ2) is 14.4. The molecule has 0 bridgehead atoms. The molecule has 0 saturated carbocycles. The maximum absolute atomic E-state index is 6.55. The molecule has 4 unspecified atom stereocenters. The summed E-state index contributed by atoms with van der Waals surface area (Å²) in [6, 6.07) is 44.1.